The van der Waals surface area contributed by atoms with Crippen molar-refractivity contribution in [2.75, 3.05) is 6.54 Å². The molecule has 4 heteroatoms. The predicted molar refractivity (Wildman–Crippen MR) is 66.0 cm³/mol. The largest absolute Gasteiger partial charge is 0.326 e. The van der Waals surface area contributed by atoms with Crippen molar-refractivity contribution in [1.82, 2.24) is 10.3 Å². The third-order valence-corrected chi connectivity index (χ3v) is 3.23. The second kappa shape index (κ2) is 5.58. The Hall–Kier alpha value is -0.450. The van der Waals surface area contributed by atoms with Crippen molar-refractivity contribution in [2.45, 2.75) is 45.2 Å². The summed E-state index contributed by atoms with van der Waals surface area (Å²) < 4.78 is 0. The Morgan fingerprint density at radius 1 is 1.60 bits per heavy atom. The SMILES string of the molecule is CC(NCCCC(C)(C)N)c1nccs1. The minimum Gasteiger partial charge on any atom is -0.326 e. The molecular weight excluding hydrogens is 206 g/mol. The van der Waals surface area contributed by atoms with Crippen LogP contribution in [0.3, 0.4) is 0 Å². The van der Waals surface area contributed by atoms with Gasteiger partial charge in [-0.2, -0.15) is 0 Å². The van der Waals surface area contributed by atoms with Crippen LogP contribution in [0.2, 0.25) is 0 Å². The third-order valence-electron chi connectivity index (χ3n) is 2.27. The number of nitrogens with two attached hydrogens (primary N) is 1. The van der Waals surface area contributed by atoms with E-state index in [2.05, 4.69) is 31.1 Å². The van der Waals surface area contributed by atoms with Crippen LogP contribution in [0.1, 0.15) is 44.7 Å². The second-order valence-corrected chi connectivity index (χ2v) is 5.56. The standard InChI is InChI=1S/C11H21N3S/c1-9(10-14-7-8-15-10)13-6-4-5-11(2,3)12/h7-9,13H,4-6,12H2,1-3H3. The Labute approximate surface area is 96.1 Å². The highest BCUT2D eigenvalue weighted by Gasteiger charge is 2.10. The lowest BCUT2D eigenvalue weighted by molar-refractivity contribution is 0.437. The lowest BCUT2D eigenvalue weighted by Gasteiger charge is -2.19. The van der Waals surface area contributed by atoms with Gasteiger partial charge < -0.3 is 11.1 Å². The van der Waals surface area contributed by atoms with Crippen LogP contribution in [0.5, 0.6) is 0 Å². The van der Waals surface area contributed by atoms with Crippen LogP contribution < -0.4 is 11.1 Å². The van der Waals surface area contributed by atoms with Crippen LogP contribution in [0.25, 0.3) is 0 Å². The van der Waals surface area contributed by atoms with Crippen LogP contribution in [-0.2, 0) is 0 Å². The molecule has 0 aliphatic carbocycles. The molecule has 15 heavy (non-hydrogen) atoms. The maximum atomic E-state index is 5.91. The summed E-state index contributed by atoms with van der Waals surface area (Å²) in [5, 5.41) is 6.62. The maximum absolute atomic E-state index is 5.91. The third kappa shape index (κ3) is 5.25. The Kier molecular flexibility index (Phi) is 4.70. The molecule has 0 fully saturated rings. The predicted octanol–water partition coefficient (Wildman–Crippen LogP) is 2.31. The Morgan fingerprint density at radius 3 is 2.87 bits per heavy atom. The van der Waals surface area contributed by atoms with Gasteiger partial charge in [-0.1, -0.05) is 0 Å². The van der Waals surface area contributed by atoms with Crippen molar-refractivity contribution in [3.8, 4) is 0 Å². The van der Waals surface area contributed by atoms with Crippen LogP contribution in [0.15, 0.2) is 11.6 Å². The minimum absolute atomic E-state index is 0.0495. The van der Waals surface area contributed by atoms with Gasteiger partial charge in [-0.25, -0.2) is 4.98 Å². The van der Waals surface area contributed by atoms with Crippen molar-refractivity contribution >= 4 is 11.3 Å². The summed E-state index contributed by atoms with van der Waals surface area (Å²) in [5.41, 5.74) is 5.86. The lowest BCUT2D eigenvalue weighted by Crippen LogP contribution is -2.33. The van der Waals surface area contributed by atoms with Crippen LogP contribution in [-0.4, -0.2) is 17.1 Å². The summed E-state index contributed by atoms with van der Waals surface area (Å²) in [6, 6.07) is 0.353. The number of hydrogen-bond acceptors (Lipinski definition) is 4. The monoisotopic (exact) mass is 227 g/mol. The average Bonchev–Trinajstić information content (AvgIpc) is 2.63. The van der Waals surface area contributed by atoms with Gasteiger partial charge in [0.05, 0.1) is 6.04 Å². The van der Waals surface area contributed by atoms with Gasteiger partial charge >= 0.3 is 0 Å². The zero-order valence-electron chi connectivity index (χ0n) is 9.79. The maximum Gasteiger partial charge on any atom is 0.109 e. The molecule has 0 radical (unpaired) electrons. The molecule has 1 atom stereocenters. The molecule has 0 saturated heterocycles. The molecular formula is C11H21N3S. The van der Waals surface area contributed by atoms with E-state index in [1.54, 1.807) is 11.3 Å². The van der Waals surface area contributed by atoms with Gasteiger partial charge in [0.2, 0.25) is 0 Å². The summed E-state index contributed by atoms with van der Waals surface area (Å²) in [7, 11) is 0. The molecule has 1 aromatic heterocycles. The Bertz CT molecular complexity index is 264. The molecule has 0 bridgehead atoms. The van der Waals surface area contributed by atoms with Crippen molar-refractivity contribution in [3.63, 3.8) is 0 Å². The van der Waals surface area contributed by atoms with E-state index in [0.717, 1.165) is 24.4 Å². The highest BCUT2D eigenvalue weighted by atomic mass is 32.1. The average molecular weight is 227 g/mol. The molecule has 0 saturated carbocycles. The van der Waals surface area contributed by atoms with E-state index >= 15 is 0 Å². The van der Waals surface area contributed by atoms with Gasteiger partial charge in [0.15, 0.2) is 0 Å². The van der Waals surface area contributed by atoms with Crippen molar-refractivity contribution < 1.29 is 0 Å². The highest BCUT2D eigenvalue weighted by Crippen LogP contribution is 2.14. The quantitative estimate of drug-likeness (QED) is 0.733. The van der Waals surface area contributed by atoms with Gasteiger partial charge in [-0.15, -0.1) is 11.3 Å². The number of nitrogens with one attached hydrogen (secondary N) is 1. The molecule has 0 aliphatic heterocycles. The first kappa shape index (κ1) is 12.6. The fraction of sp³-hybridized carbons (Fsp3) is 0.727. The van der Waals surface area contributed by atoms with Gasteiger partial charge in [0.25, 0.3) is 0 Å². The number of aromatic nitrogens is 1. The first-order chi connectivity index (χ1) is 6.99. The molecule has 0 aliphatic rings. The fourth-order valence-electron chi connectivity index (χ4n) is 1.40. The molecule has 3 N–H and O–H groups in total. The van der Waals surface area contributed by atoms with Crippen LogP contribution in [0.4, 0.5) is 0 Å². The molecule has 0 amide bonds. The van der Waals surface area contributed by atoms with Gasteiger partial charge in [0.1, 0.15) is 5.01 Å². The van der Waals surface area contributed by atoms with Gasteiger partial charge in [0, 0.05) is 17.1 Å². The Balaban J connectivity index is 2.16. The summed E-state index contributed by atoms with van der Waals surface area (Å²) in [4.78, 5) is 4.27. The van der Waals surface area contributed by atoms with Crippen LogP contribution >= 0.6 is 11.3 Å². The van der Waals surface area contributed by atoms with E-state index in [4.69, 9.17) is 5.73 Å². The fourth-order valence-corrected chi connectivity index (χ4v) is 2.07. The first-order valence-corrected chi connectivity index (χ1v) is 6.29. The van der Waals surface area contributed by atoms with E-state index in [-0.39, 0.29) is 5.54 Å². The molecule has 1 unspecified atom stereocenters. The van der Waals surface area contributed by atoms with E-state index in [1.165, 1.54) is 0 Å². The highest BCUT2D eigenvalue weighted by molar-refractivity contribution is 7.09. The molecule has 0 aromatic carbocycles. The first-order valence-electron chi connectivity index (χ1n) is 5.41. The van der Waals surface area contributed by atoms with Gasteiger partial charge in [-0.05, 0) is 40.2 Å². The summed E-state index contributed by atoms with van der Waals surface area (Å²) in [5.74, 6) is 0. The molecule has 0 spiro atoms. The molecule has 1 heterocycles. The number of thiazole rings is 1. The smallest absolute Gasteiger partial charge is 0.109 e. The normalized spacial score (nSPS) is 14.1. The summed E-state index contributed by atoms with van der Waals surface area (Å²) >= 11 is 1.70. The second-order valence-electron chi connectivity index (χ2n) is 4.64. The number of hydrogen-bond donors (Lipinski definition) is 2. The van der Waals surface area contributed by atoms with E-state index in [0.29, 0.717) is 6.04 Å². The topological polar surface area (TPSA) is 50.9 Å². The molecule has 1 aromatic rings. The van der Waals surface area contributed by atoms with Crippen molar-refractivity contribution in [1.29, 1.82) is 0 Å². The molecule has 86 valence electrons. The number of rotatable bonds is 6. The Morgan fingerprint density at radius 2 is 2.33 bits per heavy atom. The number of nitrogens with zero attached hydrogens (tertiary/aromatic N) is 1. The molecule has 3 nitrogen and oxygen atoms in total. The summed E-state index contributed by atoms with van der Waals surface area (Å²) in [6.45, 7) is 7.28. The zero-order chi connectivity index (χ0) is 11.3. The zero-order valence-corrected chi connectivity index (χ0v) is 10.6. The van der Waals surface area contributed by atoms with Gasteiger partial charge in [-0.3, -0.25) is 0 Å². The van der Waals surface area contributed by atoms with E-state index < -0.39 is 0 Å². The van der Waals surface area contributed by atoms with E-state index in [9.17, 15) is 0 Å². The van der Waals surface area contributed by atoms with Crippen molar-refractivity contribution in [3.05, 3.63) is 16.6 Å². The molecule has 1 rings (SSSR count). The van der Waals surface area contributed by atoms with E-state index in [1.807, 2.05) is 11.6 Å². The summed E-state index contributed by atoms with van der Waals surface area (Å²) in [6.07, 6.45) is 4.00. The minimum atomic E-state index is -0.0495. The van der Waals surface area contributed by atoms with Crippen molar-refractivity contribution in [2.24, 2.45) is 5.73 Å². The van der Waals surface area contributed by atoms with Crippen LogP contribution in [0, 0.1) is 0 Å². The lowest BCUT2D eigenvalue weighted by atomic mass is 10.0.